The third kappa shape index (κ3) is 3.60. The molecular weight excluding hydrogens is 306 g/mol. The zero-order valence-electron chi connectivity index (χ0n) is 13.2. The number of hydrogen-bond donors (Lipinski definition) is 1. The van der Waals surface area contributed by atoms with Gasteiger partial charge < -0.3 is 14.5 Å². The van der Waals surface area contributed by atoms with E-state index in [4.69, 9.17) is 9.15 Å². The molecule has 0 fully saturated rings. The third-order valence-electron chi connectivity index (χ3n) is 3.33. The molecule has 0 aliphatic heterocycles. The van der Waals surface area contributed by atoms with Crippen molar-refractivity contribution >= 4 is 11.8 Å². The van der Waals surface area contributed by atoms with Crippen molar-refractivity contribution in [3.8, 4) is 11.6 Å². The Kier molecular flexibility index (Phi) is 4.86. The van der Waals surface area contributed by atoms with Crippen molar-refractivity contribution in [3.05, 3.63) is 66.1 Å². The number of ether oxygens (including phenoxy) is 1. The maximum atomic E-state index is 12.1. The number of hydrogen-bond acceptors (Lipinski definition) is 6. The van der Waals surface area contributed by atoms with Crippen molar-refractivity contribution in [2.75, 3.05) is 11.9 Å². The number of aromatic nitrogens is 2. The fraction of sp³-hybridized carbons (Fsp3) is 0.167. The van der Waals surface area contributed by atoms with Crippen LogP contribution in [0.1, 0.15) is 22.8 Å². The topological polar surface area (TPSA) is 77.2 Å². The van der Waals surface area contributed by atoms with Gasteiger partial charge >= 0.3 is 5.97 Å². The number of nitrogens with zero attached hydrogens (tertiary/aromatic N) is 2. The number of nitrogens with one attached hydrogen (secondary N) is 1. The first kappa shape index (κ1) is 15.7. The Labute approximate surface area is 139 Å². The summed E-state index contributed by atoms with van der Waals surface area (Å²) in [4.78, 5) is 20.7. The first-order valence-corrected chi connectivity index (χ1v) is 7.63. The third-order valence-corrected chi connectivity index (χ3v) is 3.33. The fourth-order valence-corrected chi connectivity index (χ4v) is 2.18. The normalized spacial score (nSPS) is 10.4. The molecule has 0 saturated carbocycles. The molecule has 24 heavy (non-hydrogen) atoms. The van der Waals surface area contributed by atoms with E-state index in [2.05, 4.69) is 15.3 Å². The van der Waals surface area contributed by atoms with Crippen LogP contribution in [0.3, 0.4) is 0 Å². The predicted octanol–water partition coefficient (Wildman–Crippen LogP) is 3.53. The lowest BCUT2D eigenvalue weighted by atomic mass is 10.2. The Balaban J connectivity index is 1.89. The summed E-state index contributed by atoms with van der Waals surface area (Å²) >= 11 is 0. The molecule has 0 radical (unpaired) electrons. The molecule has 1 N–H and O–H groups in total. The second-order valence-corrected chi connectivity index (χ2v) is 4.99. The Morgan fingerprint density at radius 1 is 1.21 bits per heavy atom. The van der Waals surface area contributed by atoms with Gasteiger partial charge in [0.1, 0.15) is 11.4 Å². The Morgan fingerprint density at radius 3 is 2.75 bits per heavy atom. The van der Waals surface area contributed by atoms with Gasteiger partial charge in [-0.3, -0.25) is 0 Å². The van der Waals surface area contributed by atoms with Gasteiger partial charge in [0.05, 0.1) is 12.9 Å². The molecule has 0 atom stereocenters. The fourth-order valence-electron chi connectivity index (χ4n) is 2.18. The average Bonchev–Trinajstić information content (AvgIpc) is 3.15. The lowest BCUT2D eigenvalue weighted by molar-refractivity contribution is 0.0526. The van der Waals surface area contributed by atoms with Crippen molar-refractivity contribution in [2.24, 2.45) is 0 Å². The van der Waals surface area contributed by atoms with Crippen LogP contribution >= 0.6 is 0 Å². The van der Waals surface area contributed by atoms with Crippen molar-refractivity contribution in [1.29, 1.82) is 0 Å². The summed E-state index contributed by atoms with van der Waals surface area (Å²) in [5, 5.41) is 3.18. The molecule has 2 heterocycles. The molecule has 0 aliphatic rings. The van der Waals surface area contributed by atoms with Gasteiger partial charge in [-0.15, -0.1) is 0 Å². The van der Waals surface area contributed by atoms with Crippen LogP contribution < -0.4 is 5.32 Å². The molecule has 2 aromatic heterocycles. The van der Waals surface area contributed by atoms with E-state index in [0.29, 0.717) is 29.5 Å². The Hall–Kier alpha value is -3.15. The molecule has 6 heteroatoms. The minimum atomic E-state index is -0.459. The first-order valence-electron chi connectivity index (χ1n) is 7.63. The van der Waals surface area contributed by atoms with E-state index in [1.54, 1.807) is 25.3 Å². The molecule has 0 saturated heterocycles. The molecule has 0 spiro atoms. The molecular formula is C18H17N3O3. The summed E-state index contributed by atoms with van der Waals surface area (Å²) in [7, 11) is 0. The molecule has 3 aromatic rings. The highest BCUT2D eigenvalue weighted by Crippen LogP contribution is 2.21. The molecule has 6 nitrogen and oxygen atoms in total. The van der Waals surface area contributed by atoms with E-state index in [9.17, 15) is 4.79 Å². The second-order valence-electron chi connectivity index (χ2n) is 4.99. The summed E-state index contributed by atoms with van der Waals surface area (Å²) in [5.74, 6) is 0.898. The first-order chi connectivity index (χ1) is 11.8. The van der Waals surface area contributed by atoms with E-state index in [1.807, 2.05) is 30.3 Å². The lowest BCUT2D eigenvalue weighted by Gasteiger charge is -2.11. The summed E-state index contributed by atoms with van der Waals surface area (Å²) in [5.41, 5.74) is 1.37. The highest BCUT2D eigenvalue weighted by molar-refractivity contribution is 5.94. The number of carbonyl (C=O) groups is 1. The van der Waals surface area contributed by atoms with Gasteiger partial charge in [-0.2, -0.15) is 0 Å². The van der Waals surface area contributed by atoms with E-state index >= 15 is 0 Å². The highest BCUT2D eigenvalue weighted by Gasteiger charge is 2.17. The van der Waals surface area contributed by atoms with Gasteiger partial charge in [0.15, 0.2) is 11.6 Å². The minimum absolute atomic E-state index is 0.289. The SMILES string of the molecule is CCOC(=O)c1cnc(-c2ccco2)nc1NCc1ccccc1. The molecule has 122 valence electrons. The Bertz CT molecular complexity index is 802. The van der Waals surface area contributed by atoms with Crippen LogP contribution in [0.25, 0.3) is 11.6 Å². The summed E-state index contributed by atoms with van der Waals surface area (Å²) < 4.78 is 10.4. The standard InChI is InChI=1S/C18H17N3O3/c1-2-23-18(22)14-12-20-17(15-9-6-10-24-15)21-16(14)19-11-13-7-4-3-5-8-13/h3-10,12H,2,11H2,1H3,(H,19,20,21). The van der Waals surface area contributed by atoms with E-state index in [1.165, 1.54) is 6.20 Å². The second kappa shape index (κ2) is 7.41. The van der Waals surface area contributed by atoms with Crippen LogP contribution in [0.5, 0.6) is 0 Å². The zero-order valence-corrected chi connectivity index (χ0v) is 13.2. The van der Waals surface area contributed by atoms with E-state index in [0.717, 1.165) is 5.56 Å². The summed E-state index contributed by atoms with van der Waals surface area (Å²) in [6, 6.07) is 13.4. The molecule has 3 rings (SSSR count). The molecule has 0 amide bonds. The van der Waals surface area contributed by atoms with Crippen molar-refractivity contribution < 1.29 is 13.9 Å². The van der Waals surface area contributed by atoms with Crippen LogP contribution in [0, 0.1) is 0 Å². The maximum absolute atomic E-state index is 12.1. The van der Waals surface area contributed by atoms with Gasteiger partial charge in [0, 0.05) is 12.7 Å². The number of rotatable bonds is 6. The smallest absolute Gasteiger partial charge is 0.343 e. The van der Waals surface area contributed by atoms with Gasteiger partial charge in [-0.05, 0) is 24.6 Å². The summed E-state index contributed by atoms with van der Waals surface area (Å²) in [6.45, 7) is 2.58. The van der Waals surface area contributed by atoms with Crippen LogP contribution in [0.4, 0.5) is 5.82 Å². The van der Waals surface area contributed by atoms with Crippen LogP contribution in [-0.2, 0) is 11.3 Å². The number of furan rings is 1. The van der Waals surface area contributed by atoms with E-state index in [-0.39, 0.29) is 6.61 Å². The highest BCUT2D eigenvalue weighted by atomic mass is 16.5. The zero-order chi connectivity index (χ0) is 16.8. The molecule has 0 bridgehead atoms. The van der Waals surface area contributed by atoms with Gasteiger partial charge in [-0.1, -0.05) is 30.3 Å². The van der Waals surface area contributed by atoms with Crippen molar-refractivity contribution in [1.82, 2.24) is 9.97 Å². The largest absolute Gasteiger partial charge is 0.462 e. The number of anilines is 1. The average molecular weight is 323 g/mol. The van der Waals surface area contributed by atoms with Crippen LogP contribution in [0.2, 0.25) is 0 Å². The quantitative estimate of drug-likeness (QED) is 0.699. The maximum Gasteiger partial charge on any atom is 0.343 e. The van der Waals surface area contributed by atoms with Gasteiger partial charge in [0.2, 0.25) is 0 Å². The number of carbonyl (C=O) groups excluding carboxylic acids is 1. The van der Waals surface area contributed by atoms with E-state index < -0.39 is 5.97 Å². The number of esters is 1. The van der Waals surface area contributed by atoms with Gasteiger partial charge in [0.25, 0.3) is 0 Å². The lowest BCUT2D eigenvalue weighted by Crippen LogP contribution is -2.12. The minimum Gasteiger partial charge on any atom is -0.462 e. The molecule has 0 unspecified atom stereocenters. The monoisotopic (exact) mass is 323 g/mol. The molecule has 1 aromatic carbocycles. The van der Waals surface area contributed by atoms with Gasteiger partial charge in [-0.25, -0.2) is 14.8 Å². The van der Waals surface area contributed by atoms with Crippen molar-refractivity contribution in [2.45, 2.75) is 13.5 Å². The van der Waals surface area contributed by atoms with Crippen LogP contribution in [-0.4, -0.2) is 22.5 Å². The van der Waals surface area contributed by atoms with Crippen LogP contribution in [0.15, 0.2) is 59.3 Å². The van der Waals surface area contributed by atoms with Crippen molar-refractivity contribution in [3.63, 3.8) is 0 Å². The Morgan fingerprint density at radius 2 is 2.04 bits per heavy atom. The number of benzene rings is 1. The molecule has 0 aliphatic carbocycles. The predicted molar refractivity (Wildman–Crippen MR) is 89.5 cm³/mol. The summed E-state index contributed by atoms with van der Waals surface area (Å²) in [6.07, 6.45) is 3.01.